The molecule has 0 saturated carbocycles. The molecule has 0 heterocycles. The van der Waals surface area contributed by atoms with Crippen molar-refractivity contribution in [2.24, 2.45) is 0 Å². The smallest absolute Gasteiger partial charge is 0.383 e. The van der Waals surface area contributed by atoms with Gasteiger partial charge in [-0.25, -0.2) is 4.79 Å². The maximum absolute atomic E-state index is 12.5. The van der Waals surface area contributed by atoms with Crippen LogP contribution in [0.15, 0.2) is 24.3 Å². The molecular formula is C12H15F3N2O2. The zero-order valence-electron chi connectivity index (χ0n) is 10.4. The Balaban J connectivity index is 2.47. The molecule has 0 aliphatic rings. The highest BCUT2D eigenvalue weighted by Gasteiger charge is 2.30. The summed E-state index contributed by atoms with van der Waals surface area (Å²) in [6.07, 6.45) is -4.38. The Kier molecular flexibility index (Phi) is 5.62. The number of hydrogen-bond donors (Lipinski definition) is 2. The van der Waals surface area contributed by atoms with Crippen molar-refractivity contribution in [1.82, 2.24) is 10.6 Å². The fourth-order valence-electron chi connectivity index (χ4n) is 1.37. The van der Waals surface area contributed by atoms with Crippen LogP contribution in [0, 0.1) is 0 Å². The highest BCUT2D eigenvalue weighted by atomic mass is 19.4. The molecule has 0 aliphatic carbocycles. The van der Waals surface area contributed by atoms with Gasteiger partial charge in [-0.3, -0.25) is 0 Å². The molecule has 2 amide bonds. The number of benzene rings is 1. The van der Waals surface area contributed by atoms with Crippen molar-refractivity contribution in [3.05, 3.63) is 35.4 Å². The largest absolute Gasteiger partial charge is 0.416 e. The molecule has 106 valence electrons. The molecule has 7 heteroatoms. The molecule has 0 unspecified atom stereocenters. The molecule has 0 radical (unpaired) electrons. The summed E-state index contributed by atoms with van der Waals surface area (Å²) >= 11 is 0. The standard InChI is InChI=1S/C12H15F3N2O2/c1-19-6-5-16-11(18)17-8-9-3-2-4-10(7-9)12(13,14)15/h2-4,7H,5-6,8H2,1H3,(H2,16,17,18). The Morgan fingerprint density at radius 1 is 1.32 bits per heavy atom. The second-order valence-electron chi connectivity index (χ2n) is 3.80. The third-order valence-electron chi connectivity index (χ3n) is 2.30. The molecular weight excluding hydrogens is 261 g/mol. The van der Waals surface area contributed by atoms with Gasteiger partial charge in [0, 0.05) is 20.2 Å². The molecule has 1 rings (SSSR count). The van der Waals surface area contributed by atoms with Crippen LogP contribution in [0.1, 0.15) is 11.1 Å². The minimum absolute atomic E-state index is 0.0305. The number of alkyl halides is 3. The van der Waals surface area contributed by atoms with Gasteiger partial charge in [-0.1, -0.05) is 12.1 Å². The number of carbonyl (C=O) groups excluding carboxylic acids is 1. The Hall–Kier alpha value is -1.76. The molecule has 1 aromatic rings. The van der Waals surface area contributed by atoms with E-state index in [-0.39, 0.29) is 6.54 Å². The number of amides is 2. The lowest BCUT2D eigenvalue weighted by atomic mass is 10.1. The molecule has 0 aliphatic heterocycles. The van der Waals surface area contributed by atoms with Crippen molar-refractivity contribution in [1.29, 1.82) is 0 Å². The van der Waals surface area contributed by atoms with E-state index in [4.69, 9.17) is 4.74 Å². The minimum Gasteiger partial charge on any atom is -0.383 e. The third-order valence-corrected chi connectivity index (χ3v) is 2.30. The number of rotatable bonds is 5. The zero-order valence-corrected chi connectivity index (χ0v) is 10.4. The summed E-state index contributed by atoms with van der Waals surface area (Å²) < 4.78 is 42.1. The van der Waals surface area contributed by atoms with Crippen LogP contribution in [0.3, 0.4) is 0 Å². The van der Waals surface area contributed by atoms with Crippen LogP contribution in [0.25, 0.3) is 0 Å². The first-order chi connectivity index (χ1) is 8.93. The van der Waals surface area contributed by atoms with E-state index in [9.17, 15) is 18.0 Å². The topological polar surface area (TPSA) is 50.4 Å². The first-order valence-electron chi connectivity index (χ1n) is 5.60. The lowest BCUT2D eigenvalue weighted by molar-refractivity contribution is -0.137. The lowest BCUT2D eigenvalue weighted by Crippen LogP contribution is -2.36. The molecule has 0 fully saturated rings. The van der Waals surface area contributed by atoms with Crippen LogP contribution in [-0.2, 0) is 17.5 Å². The van der Waals surface area contributed by atoms with Crippen molar-refractivity contribution in [2.75, 3.05) is 20.3 Å². The average molecular weight is 276 g/mol. The van der Waals surface area contributed by atoms with Gasteiger partial charge in [0.1, 0.15) is 0 Å². The molecule has 19 heavy (non-hydrogen) atoms. The monoisotopic (exact) mass is 276 g/mol. The van der Waals surface area contributed by atoms with E-state index in [1.54, 1.807) is 0 Å². The number of ether oxygens (including phenoxy) is 1. The number of nitrogens with one attached hydrogen (secondary N) is 2. The van der Waals surface area contributed by atoms with Crippen molar-refractivity contribution in [3.8, 4) is 0 Å². The molecule has 0 bridgehead atoms. The summed E-state index contributed by atoms with van der Waals surface area (Å²) in [4.78, 5) is 11.3. The first-order valence-corrected chi connectivity index (χ1v) is 5.60. The number of carbonyl (C=O) groups is 1. The summed E-state index contributed by atoms with van der Waals surface area (Å²) in [5.74, 6) is 0. The summed E-state index contributed by atoms with van der Waals surface area (Å²) in [6.45, 7) is 0.741. The van der Waals surface area contributed by atoms with Crippen LogP contribution in [0.2, 0.25) is 0 Å². The summed E-state index contributed by atoms with van der Waals surface area (Å²) in [7, 11) is 1.50. The van der Waals surface area contributed by atoms with Crippen molar-refractivity contribution in [2.45, 2.75) is 12.7 Å². The summed E-state index contributed by atoms with van der Waals surface area (Å²) in [5, 5.41) is 4.96. The van der Waals surface area contributed by atoms with Gasteiger partial charge in [0.2, 0.25) is 0 Å². The number of halogens is 3. The Labute approximate surface area is 108 Å². The minimum atomic E-state index is -4.38. The Morgan fingerprint density at radius 3 is 2.68 bits per heavy atom. The van der Waals surface area contributed by atoms with Crippen LogP contribution in [0.4, 0.5) is 18.0 Å². The fourth-order valence-corrected chi connectivity index (χ4v) is 1.37. The normalized spacial score (nSPS) is 11.2. The summed E-state index contributed by atoms with van der Waals surface area (Å²) in [5.41, 5.74) is -0.344. The van der Waals surface area contributed by atoms with Gasteiger partial charge in [0.05, 0.1) is 12.2 Å². The van der Waals surface area contributed by atoms with Crippen LogP contribution in [-0.4, -0.2) is 26.3 Å². The number of hydrogen-bond acceptors (Lipinski definition) is 2. The second kappa shape index (κ2) is 6.98. The Bertz CT molecular complexity index is 422. The van der Waals surface area contributed by atoms with E-state index in [1.165, 1.54) is 19.2 Å². The van der Waals surface area contributed by atoms with Gasteiger partial charge in [0.25, 0.3) is 0 Å². The highest BCUT2D eigenvalue weighted by molar-refractivity contribution is 5.73. The number of methoxy groups -OCH3 is 1. The van der Waals surface area contributed by atoms with Crippen molar-refractivity contribution in [3.63, 3.8) is 0 Å². The summed E-state index contributed by atoms with van der Waals surface area (Å²) in [6, 6.07) is 4.37. The lowest BCUT2D eigenvalue weighted by Gasteiger charge is -2.10. The molecule has 0 spiro atoms. The van der Waals surface area contributed by atoms with Crippen LogP contribution < -0.4 is 10.6 Å². The molecule has 2 N–H and O–H groups in total. The van der Waals surface area contributed by atoms with Gasteiger partial charge in [-0.05, 0) is 17.7 Å². The van der Waals surface area contributed by atoms with Gasteiger partial charge in [0.15, 0.2) is 0 Å². The number of urea groups is 1. The SMILES string of the molecule is COCCNC(=O)NCc1cccc(C(F)(F)F)c1. The molecule has 1 aromatic carbocycles. The first kappa shape index (κ1) is 15.3. The van der Waals surface area contributed by atoms with Gasteiger partial charge in [-0.15, -0.1) is 0 Å². The van der Waals surface area contributed by atoms with E-state index in [1.807, 2.05) is 0 Å². The van der Waals surface area contributed by atoms with Crippen molar-refractivity contribution < 1.29 is 22.7 Å². The maximum Gasteiger partial charge on any atom is 0.416 e. The predicted molar refractivity (Wildman–Crippen MR) is 63.6 cm³/mol. The van der Waals surface area contributed by atoms with Gasteiger partial charge in [-0.2, -0.15) is 13.2 Å². The van der Waals surface area contributed by atoms with Gasteiger partial charge >= 0.3 is 12.2 Å². The van der Waals surface area contributed by atoms with Gasteiger partial charge < -0.3 is 15.4 Å². The van der Waals surface area contributed by atoms with E-state index in [0.717, 1.165) is 12.1 Å². The zero-order chi connectivity index (χ0) is 14.3. The second-order valence-corrected chi connectivity index (χ2v) is 3.80. The molecule has 0 saturated heterocycles. The molecule has 0 aromatic heterocycles. The molecule has 4 nitrogen and oxygen atoms in total. The van der Waals surface area contributed by atoms with Crippen LogP contribution in [0.5, 0.6) is 0 Å². The third kappa shape index (κ3) is 5.60. The fraction of sp³-hybridized carbons (Fsp3) is 0.417. The maximum atomic E-state index is 12.5. The van der Waals surface area contributed by atoms with Crippen molar-refractivity contribution >= 4 is 6.03 Å². The highest BCUT2D eigenvalue weighted by Crippen LogP contribution is 2.29. The predicted octanol–water partition coefficient (Wildman–Crippen LogP) is 2.15. The van der Waals surface area contributed by atoms with E-state index in [2.05, 4.69) is 10.6 Å². The van der Waals surface area contributed by atoms with E-state index >= 15 is 0 Å². The van der Waals surface area contributed by atoms with Crippen LogP contribution >= 0.6 is 0 Å². The van der Waals surface area contributed by atoms with E-state index in [0.29, 0.717) is 18.7 Å². The molecule has 0 atom stereocenters. The van der Waals surface area contributed by atoms with E-state index < -0.39 is 17.8 Å². The Morgan fingerprint density at radius 2 is 2.05 bits per heavy atom. The quantitative estimate of drug-likeness (QED) is 0.810. The average Bonchev–Trinajstić information content (AvgIpc) is 2.36.